The molecule has 1 saturated carbocycles. The molecule has 4 rings (SSSR count). The molecule has 1 aliphatic heterocycles. The molecule has 0 spiro atoms. The molecule has 2 aliphatic rings. The van der Waals surface area contributed by atoms with Gasteiger partial charge in [0.05, 0.1) is 17.3 Å². The average Bonchev–Trinajstić information content (AvgIpc) is 2.80. The summed E-state index contributed by atoms with van der Waals surface area (Å²) in [6, 6.07) is 12.4. The van der Waals surface area contributed by atoms with Gasteiger partial charge in [0, 0.05) is 6.04 Å². The summed E-state index contributed by atoms with van der Waals surface area (Å²) in [6.07, 6.45) is 2.24. The molecule has 32 heavy (non-hydrogen) atoms. The van der Waals surface area contributed by atoms with Crippen molar-refractivity contribution >= 4 is 11.6 Å². The van der Waals surface area contributed by atoms with Crippen LogP contribution in [0.1, 0.15) is 62.0 Å². The van der Waals surface area contributed by atoms with E-state index in [9.17, 15) is 22.4 Å². The maximum absolute atomic E-state index is 14.3. The summed E-state index contributed by atoms with van der Waals surface area (Å²) >= 11 is 0. The molecule has 3 nitrogen and oxygen atoms in total. The number of alkyl halides is 3. The van der Waals surface area contributed by atoms with Crippen molar-refractivity contribution in [3.8, 4) is 0 Å². The number of nitrogens with zero attached hydrogens (tertiary/aromatic N) is 1. The lowest BCUT2D eigenvalue weighted by atomic mass is 9.78. The Morgan fingerprint density at radius 3 is 2.38 bits per heavy atom. The summed E-state index contributed by atoms with van der Waals surface area (Å²) in [7, 11) is 0. The van der Waals surface area contributed by atoms with E-state index in [4.69, 9.17) is 0 Å². The van der Waals surface area contributed by atoms with E-state index < -0.39 is 23.6 Å². The van der Waals surface area contributed by atoms with Crippen LogP contribution in [-0.2, 0) is 11.0 Å². The Bertz CT molecular complexity index is 931. The van der Waals surface area contributed by atoms with E-state index in [1.165, 1.54) is 5.56 Å². The predicted molar refractivity (Wildman–Crippen MR) is 116 cm³/mol. The molecular weight excluding hydrogens is 420 g/mol. The van der Waals surface area contributed by atoms with Crippen LogP contribution in [0.25, 0.3) is 0 Å². The minimum Gasteiger partial charge on any atom is -0.322 e. The lowest BCUT2D eigenvalue weighted by Gasteiger charge is -2.45. The first-order chi connectivity index (χ1) is 15.3. The van der Waals surface area contributed by atoms with Gasteiger partial charge in [0.2, 0.25) is 5.91 Å². The van der Waals surface area contributed by atoms with Gasteiger partial charge in [0.15, 0.2) is 0 Å². The monoisotopic (exact) mass is 448 g/mol. The Balaban J connectivity index is 1.53. The third-order valence-corrected chi connectivity index (χ3v) is 6.78. The van der Waals surface area contributed by atoms with E-state index >= 15 is 0 Å². The van der Waals surface area contributed by atoms with Gasteiger partial charge in [0.1, 0.15) is 5.82 Å². The number of amides is 1. The quantitative estimate of drug-likeness (QED) is 0.552. The van der Waals surface area contributed by atoms with Gasteiger partial charge in [-0.25, -0.2) is 4.39 Å². The molecule has 0 radical (unpaired) electrons. The zero-order valence-corrected chi connectivity index (χ0v) is 17.9. The molecule has 1 unspecified atom stereocenters. The van der Waals surface area contributed by atoms with E-state index in [-0.39, 0.29) is 17.6 Å². The molecule has 1 saturated heterocycles. The van der Waals surface area contributed by atoms with Crippen LogP contribution in [0, 0.1) is 5.82 Å². The van der Waals surface area contributed by atoms with E-state index in [1.54, 1.807) is 0 Å². The fraction of sp³-hybridized carbons (Fsp3) is 0.480. The van der Waals surface area contributed by atoms with Crippen molar-refractivity contribution in [1.82, 2.24) is 4.90 Å². The lowest BCUT2D eigenvalue weighted by molar-refractivity contribution is -0.137. The maximum atomic E-state index is 14.3. The number of nitrogens with one attached hydrogen (secondary N) is 1. The Kier molecular flexibility index (Phi) is 6.84. The second-order valence-electron chi connectivity index (χ2n) is 8.80. The molecule has 1 aliphatic carbocycles. The summed E-state index contributed by atoms with van der Waals surface area (Å²) in [5.41, 5.74) is -0.00677. The van der Waals surface area contributed by atoms with Crippen molar-refractivity contribution < 1.29 is 22.4 Å². The molecule has 1 N–H and O–H groups in total. The first kappa shape index (κ1) is 22.8. The van der Waals surface area contributed by atoms with Crippen LogP contribution < -0.4 is 5.32 Å². The highest BCUT2D eigenvalue weighted by molar-refractivity contribution is 5.95. The van der Waals surface area contributed by atoms with Crippen molar-refractivity contribution in [3.05, 3.63) is 65.5 Å². The van der Waals surface area contributed by atoms with Gasteiger partial charge >= 0.3 is 6.18 Å². The first-order valence-corrected chi connectivity index (χ1v) is 11.3. The van der Waals surface area contributed by atoms with Gasteiger partial charge in [-0.05, 0) is 61.9 Å². The van der Waals surface area contributed by atoms with Crippen LogP contribution in [-0.4, -0.2) is 29.4 Å². The first-order valence-electron chi connectivity index (χ1n) is 11.3. The van der Waals surface area contributed by atoms with Gasteiger partial charge in [-0.1, -0.05) is 49.6 Å². The highest BCUT2D eigenvalue weighted by Crippen LogP contribution is 2.39. The normalized spacial score (nSPS) is 24.8. The van der Waals surface area contributed by atoms with Crippen molar-refractivity contribution in [3.63, 3.8) is 0 Å². The Morgan fingerprint density at radius 1 is 0.938 bits per heavy atom. The summed E-state index contributed by atoms with van der Waals surface area (Å²) in [6.45, 7) is 0.793. The minimum absolute atomic E-state index is 0.211. The number of hydrogen-bond donors (Lipinski definition) is 1. The third-order valence-electron chi connectivity index (χ3n) is 6.78. The fourth-order valence-corrected chi connectivity index (χ4v) is 5.24. The van der Waals surface area contributed by atoms with Crippen LogP contribution >= 0.6 is 0 Å². The van der Waals surface area contributed by atoms with Gasteiger partial charge in [-0.15, -0.1) is 0 Å². The fourth-order valence-electron chi connectivity index (χ4n) is 5.24. The van der Waals surface area contributed by atoms with E-state index in [0.717, 1.165) is 57.2 Å². The number of carbonyl (C=O) groups excluding carboxylic acids is 1. The third kappa shape index (κ3) is 4.98. The molecule has 0 aromatic heterocycles. The topological polar surface area (TPSA) is 32.3 Å². The number of piperidine rings is 1. The number of rotatable bonds is 4. The number of carbonyl (C=O) groups is 1. The van der Waals surface area contributed by atoms with Gasteiger partial charge in [-0.2, -0.15) is 13.2 Å². The standard InChI is InChI=1S/C25H28F4N2O/c26-20-16-18(25(27,28)29)13-14-21(20)30-24(32)23-12-6-7-15-31(23)22-11-5-4-10-19(22)17-8-2-1-3-9-17/h1-3,8-9,13-14,16,19,22-23H,4-7,10-12,15H2,(H,30,32)/t19-,22-,23?/m0/s1. The van der Waals surface area contributed by atoms with E-state index in [1.807, 2.05) is 18.2 Å². The SMILES string of the molecule is O=C(Nc1ccc(C(F)(F)F)cc1F)C1CCCCN1[C@H]1CCCC[C@H]1c1ccccc1. The van der Waals surface area contributed by atoms with Gasteiger partial charge in [0.25, 0.3) is 0 Å². The van der Waals surface area contributed by atoms with Crippen LogP contribution in [0.5, 0.6) is 0 Å². The Labute approximate surface area is 185 Å². The summed E-state index contributed by atoms with van der Waals surface area (Å²) in [5, 5.41) is 2.56. The highest BCUT2D eigenvalue weighted by Gasteiger charge is 2.39. The van der Waals surface area contributed by atoms with E-state index in [0.29, 0.717) is 18.4 Å². The molecule has 1 amide bonds. The van der Waals surface area contributed by atoms with Crippen molar-refractivity contribution in [2.75, 3.05) is 11.9 Å². The number of benzene rings is 2. The smallest absolute Gasteiger partial charge is 0.322 e. The molecule has 2 aromatic rings. The predicted octanol–water partition coefficient (Wildman–Crippen LogP) is 6.36. The Morgan fingerprint density at radius 2 is 1.66 bits per heavy atom. The molecule has 7 heteroatoms. The molecular formula is C25H28F4N2O. The highest BCUT2D eigenvalue weighted by atomic mass is 19.4. The van der Waals surface area contributed by atoms with Crippen LogP contribution in [0.2, 0.25) is 0 Å². The summed E-state index contributed by atoms with van der Waals surface area (Å²) < 4.78 is 52.8. The molecule has 3 atom stereocenters. The van der Waals surface area contributed by atoms with E-state index in [2.05, 4.69) is 22.3 Å². The zero-order valence-electron chi connectivity index (χ0n) is 17.9. The zero-order chi connectivity index (χ0) is 22.7. The van der Waals surface area contributed by atoms with Crippen molar-refractivity contribution in [2.24, 2.45) is 0 Å². The maximum Gasteiger partial charge on any atom is 0.416 e. The largest absolute Gasteiger partial charge is 0.416 e. The van der Waals surface area contributed by atoms with Crippen LogP contribution in [0.4, 0.5) is 23.2 Å². The summed E-state index contributed by atoms with van der Waals surface area (Å²) in [5.74, 6) is -1.09. The molecule has 0 bridgehead atoms. The number of likely N-dealkylation sites (tertiary alicyclic amines) is 1. The second-order valence-corrected chi connectivity index (χ2v) is 8.80. The molecule has 2 fully saturated rings. The van der Waals surface area contributed by atoms with Crippen molar-refractivity contribution in [1.29, 1.82) is 0 Å². The van der Waals surface area contributed by atoms with Gasteiger partial charge < -0.3 is 5.32 Å². The lowest BCUT2D eigenvalue weighted by Crippen LogP contribution is -2.54. The van der Waals surface area contributed by atoms with Crippen molar-refractivity contribution in [2.45, 2.75) is 69.1 Å². The average molecular weight is 449 g/mol. The molecule has 1 heterocycles. The Hall–Kier alpha value is -2.41. The second kappa shape index (κ2) is 9.61. The molecule has 2 aromatic carbocycles. The van der Waals surface area contributed by atoms with Crippen LogP contribution in [0.15, 0.2) is 48.5 Å². The minimum atomic E-state index is -4.63. The summed E-state index contributed by atoms with van der Waals surface area (Å²) in [4.78, 5) is 15.4. The molecule has 172 valence electrons. The number of anilines is 1. The van der Waals surface area contributed by atoms with Crippen LogP contribution in [0.3, 0.4) is 0 Å². The van der Waals surface area contributed by atoms with Gasteiger partial charge in [-0.3, -0.25) is 9.69 Å². The number of halogens is 4. The number of hydrogen-bond acceptors (Lipinski definition) is 2.